The van der Waals surface area contributed by atoms with E-state index < -0.39 is 18.5 Å². The number of aliphatic hydroxyl groups is 1. The molecule has 0 spiro atoms. The molecule has 0 saturated heterocycles. The molecule has 2 heterocycles. The number of hydrogen-bond acceptors (Lipinski definition) is 4. The van der Waals surface area contributed by atoms with Crippen LogP contribution in [0.25, 0.3) is 11.0 Å². The third kappa shape index (κ3) is 1.84. The first-order valence-electron chi connectivity index (χ1n) is 4.47. The predicted molar refractivity (Wildman–Crippen MR) is 56.1 cm³/mol. The fourth-order valence-electron chi connectivity index (χ4n) is 1.49. The van der Waals surface area contributed by atoms with E-state index in [2.05, 4.69) is 15.0 Å². The number of carboxylic acid groups (broad SMARTS) is 1. The highest BCUT2D eigenvalue weighted by Gasteiger charge is 2.18. The standard InChI is InChI=1S/C9H8ClN3O3/c10-8-7-4(5(14)1-6(15)16)2-11-9(7)13-3-12-8/h2-3,5,14H,1H2,(H,15,16)(H,11,12,13)/t5-/m1/s1. The number of rotatable bonds is 3. The molecular weight excluding hydrogens is 234 g/mol. The summed E-state index contributed by atoms with van der Waals surface area (Å²) in [5.41, 5.74) is 0.863. The molecular formula is C9H8ClN3O3. The highest BCUT2D eigenvalue weighted by Crippen LogP contribution is 2.29. The molecule has 84 valence electrons. The topological polar surface area (TPSA) is 99.1 Å². The van der Waals surface area contributed by atoms with E-state index in [1.807, 2.05) is 0 Å². The summed E-state index contributed by atoms with van der Waals surface area (Å²) in [6.45, 7) is 0. The van der Waals surface area contributed by atoms with Gasteiger partial charge in [0, 0.05) is 11.8 Å². The Morgan fingerprint density at radius 1 is 1.56 bits per heavy atom. The van der Waals surface area contributed by atoms with Crippen LogP contribution < -0.4 is 0 Å². The molecule has 7 heteroatoms. The smallest absolute Gasteiger partial charge is 0.306 e. The van der Waals surface area contributed by atoms with E-state index in [0.717, 1.165) is 0 Å². The number of aromatic nitrogens is 3. The van der Waals surface area contributed by atoms with Gasteiger partial charge in [-0.2, -0.15) is 0 Å². The molecule has 0 aromatic carbocycles. The lowest BCUT2D eigenvalue weighted by molar-refractivity contribution is -0.139. The monoisotopic (exact) mass is 241 g/mol. The van der Waals surface area contributed by atoms with Crippen LogP contribution in [-0.2, 0) is 4.79 Å². The molecule has 3 N–H and O–H groups in total. The fraction of sp³-hybridized carbons (Fsp3) is 0.222. The molecule has 16 heavy (non-hydrogen) atoms. The van der Waals surface area contributed by atoms with Gasteiger partial charge in [-0.05, 0) is 0 Å². The lowest BCUT2D eigenvalue weighted by atomic mass is 10.1. The van der Waals surface area contributed by atoms with Crippen molar-refractivity contribution in [2.24, 2.45) is 0 Å². The zero-order chi connectivity index (χ0) is 11.7. The Kier molecular flexibility index (Phi) is 2.76. The second kappa shape index (κ2) is 4.07. The van der Waals surface area contributed by atoms with Crippen molar-refractivity contribution in [3.05, 3.63) is 23.2 Å². The molecule has 0 bridgehead atoms. The van der Waals surface area contributed by atoms with Crippen LogP contribution in [0.2, 0.25) is 5.15 Å². The van der Waals surface area contributed by atoms with Gasteiger partial charge < -0.3 is 15.2 Å². The van der Waals surface area contributed by atoms with Gasteiger partial charge in [-0.1, -0.05) is 11.6 Å². The summed E-state index contributed by atoms with van der Waals surface area (Å²) in [6, 6.07) is 0. The van der Waals surface area contributed by atoms with Crippen LogP contribution in [0.15, 0.2) is 12.5 Å². The lowest BCUT2D eigenvalue weighted by Crippen LogP contribution is -2.05. The van der Waals surface area contributed by atoms with Crippen molar-refractivity contribution >= 4 is 28.6 Å². The van der Waals surface area contributed by atoms with Crippen LogP contribution in [0.3, 0.4) is 0 Å². The van der Waals surface area contributed by atoms with E-state index in [1.165, 1.54) is 12.5 Å². The molecule has 0 saturated carbocycles. The van der Waals surface area contributed by atoms with Gasteiger partial charge in [0.15, 0.2) is 0 Å². The van der Waals surface area contributed by atoms with E-state index in [-0.39, 0.29) is 5.15 Å². The van der Waals surface area contributed by atoms with Crippen molar-refractivity contribution in [1.82, 2.24) is 15.0 Å². The Morgan fingerprint density at radius 2 is 2.31 bits per heavy atom. The maximum absolute atomic E-state index is 10.5. The third-order valence-corrected chi connectivity index (χ3v) is 2.47. The van der Waals surface area contributed by atoms with E-state index in [0.29, 0.717) is 16.6 Å². The van der Waals surface area contributed by atoms with Crippen molar-refractivity contribution in [3.8, 4) is 0 Å². The minimum absolute atomic E-state index is 0.186. The first-order chi connectivity index (χ1) is 7.59. The second-order valence-corrected chi connectivity index (χ2v) is 3.60. The number of nitrogens with zero attached hydrogens (tertiary/aromatic N) is 2. The Bertz CT molecular complexity index is 540. The summed E-state index contributed by atoms with van der Waals surface area (Å²) >= 11 is 5.85. The number of H-pyrrole nitrogens is 1. The Balaban J connectivity index is 2.48. The van der Waals surface area contributed by atoms with E-state index in [1.54, 1.807) is 0 Å². The molecule has 6 nitrogen and oxygen atoms in total. The zero-order valence-electron chi connectivity index (χ0n) is 8.01. The number of halogens is 1. The molecule has 0 fully saturated rings. The molecule has 2 aromatic heterocycles. The first kappa shape index (κ1) is 10.8. The molecule has 0 aliphatic rings. The van der Waals surface area contributed by atoms with Gasteiger partial charge in [-0.15, -0.1) is 0 Å². The van der Waals surface area contributed by atoms with Crippen molar-refractivity contribution in [3.63, 3.8) is 0 Å². The van der Waals surface area contributed by atoms with Crippen LogP contribution >= 0.6 is 11.6 Å². The molecule has 0 aliphatic carbocycles. The normalized spacial score (nSPS) is 12.9. The largest absolute Gasteiger partial charge is 0.481 e. The molecule has 2 rings (SSSR count). The minimum Gasteiger partial charge on any atom is -0.481 e. The summed E-state index contributed by atoms with van der Waals surface area (Å²) in [5.74, 6) is -1.09. The summed E-state index contributed by atoms with van der Waals surface area (Å²) in [5, 5.41) is 18.9. The summed E-state index contributed by atoms with van der Waals surface area (Å²) < 4.78 is 0. The van der Waals surface area contributed by atoms with Crippen LogP contribution in [-0.4, -0.2) is 31.1 Å². The van der Waals surface area contributed by atoms with Crippen LogP contribution in [0.5, 0.6) is 0 Å². The first-order valence-corrected chi connectivity index (χ1v) is 4.84. The molecule has 0 radical (unpaired) electrons. The minimum atomic E-state index is -1.13. The van der Waals surface area contributed by atoms with Gasteiger partial charge in [0.1, 0.15) is 17.1 Å². The second-order valence-electron chi connectivity index (χ2n) is 3.25. The molecule has 2 aromatic rings. The Labute approximate surface area is 94.9 Å². The third-order valence-electron chi connectivity index (χ3n) is 2.18. The lowest BCUT2D eigenvalue weighted by Gasteiger charge is -2.06. The van der Waals surface area contributed by atoms with Crippen LogP contribution in [0.4, 0.5) is 0 Å². The van der Waals surface area contributed by atoms with Gasteiger partial charge in [0.2, 0.25) is 0 Å². The van der Waals surface area contributed by atoms with E-state index in [4.69, 9.17) is 16.7 Å². The van der Waals surface area contributed by atoms with Crippen molar-refractivity contribution in [2.45, 2.75) is 12.5 Å². The highest BCUT2D eigenvalue weighted by molar-refractivity contribution is 6.34. The molecule has 0 aliphatic heterocycles. The molecule has 0 unspecified atom stereocenters. The predicted octanol–water partition coefficient (Wildman–Crippen LogP) is 1.12. The average Bonchev–Trinajstić information content (AvgIpc) is 2.61. The number of carboxylic acids is 1. The number of nitrogens with one attached hydrogen (secondary N) is 1. The van der Waals surface area contributed by atoms with Gasteiger partial charge >= 0.3 is 5.97 Å². The Morgan fingerprint density at radius 3 is 3.00 bits per heavy atom. The molecule has 1 atom stereocenters. The van der Waals surface area contributed by atoms with Gasteiger partial charge in [0.25, 0.3) is 0 Å². The quantitative estimate of drug-likeness (QED) is 0.700. The van der Waals surface area contributed by atoms with Gasteiger partial charge in [-0.25, -0.2) is 9.97 Å². The van der Waals surface area contributed by atoms with Gasteiger partial charge in [-0.3, -0.25) is 4.79 Å². The summed E-state index contributed by atoms with van der Waals surface area (Å²) in [6.07, 6.45) is 1.25. The SMILES string of the molecule is O=C(O)C[C@@H](O)c1c[nH]c2ncnc(Cl)c12. The van der Waals surface area contributed by atoms with Crippen molar-refractivity contribution < 1.29 is 15.0 Å². The van der Waals surface area contributed by atoms with Crippen molar-refractivity contribution in [2.75, 3.05) is 0 Å². The van der Waals surface area contributed by atoms with Crippen molar-refractivity contribution in [1.29, 1.82) is 0 Å². The Hall–Kier alpha value is -1.66. The van der Waals surface area contributed by atoms with Crippen LogP contribution in [0, 0.1) is 0 Å². The highest BCUT2D eigenvalue weighted by atomic mass is 35.5. The number of carbonyl (C=O) groups is 1. The van der Waals surface area contributed by atoms with Gasteiger partial charge in [0.05, 0.1) is 17.9 Å². The van der Waals surface area contributed by atoms with E-state index in [9.17, 15) is 9.90 Å². The maximum Gasteiger partial charge on any atom is 0.306 e. The number of aromatic amines is 1. The number of aliphatic carboxylic acids is 1. The molecule has 0 amide bonds. The summed E-state index contributed by atoms with van der Waals surface area (Å²) in [4.78, 5) is 21.0. The zero-order valence-corrected chi connectivity index (χ0v) is 8.77. The average molecular weight is 242 g/mol. The number of aliphatic hydroxyl groups excluding tert-OH is 1. The van der Waals surface area contributed by atoms with E-state index >= 15 is 0 Å². The summed E-state index contributed by atoms with van der Waals surface area (Å²) in [7, 11) is 0. The maximum atomic E-state index is 10.5. The number of hydrogen-bond donors (Lipinski definition) is 3. The fourth-order valence-corrected chi connectivity index (χ4v) is 1.73. The van der Waals surface area contributed by atoms with Crippen LogP contribution in [0.1, 0.15) is 18.1 Å². The number of fused-ring (bicyclic) bond motifs is 1.